The molecule has 2 aromatic carbocycles. The predicted octanol–water partition coefficient (Wildman–Crippen LogP) is 3.63. The van der Waals surface area contributed by atoms with E-state index in [2.05, 4.69) is 16.0 Å². The summed E-state index contributed by atoms with van der Waals surface area (Å²) in [4.78, 5) is 23.3. The number of carbonyl (C=O) groups excluding carboxylic acids is 2. The minimum atomic E-state index is -0.683. The third-order valence-corrected chi connectivity index (χ3v) is 3.19. The van der Waals surface area contributed by atoms with E-state index < -0.39 is 17.8 Å². The number of urea groups is 1. The SMILES string of the molecule is O=C(CCNC(=O)Nc1ccccc1)Nc1cccc(Cl)c1F. The smallest absolute Gasteiger partial charge is 0.319 e. The third-order valence-electron chi connectivity index (χ3n) is 2.89. The van der Waals surface area contributed by atoms with Gasteiger partial charge in [0, 0.05) is 18.7 Å². The molecule has 0 aliphatic carbocycles. The summed E-state index contributed by atoms with van der Waals surface area (Å²) >= 11 is 5.63. The van der Waals surface area contributed by atoms with Crippen molar-refractivity contribution in [3.63, 3.8) is 0 Å². The van der Waals surface area contributed by atoms with E-state index in [1.54, 1.807) is 24.3 Å². The number of carbonyl (C=O) groups is 2. The monoisotopic (exact) mass is 335 g/mol. The lowest BCUT2D eigenvalue weighted by Gasteiger charge is -2.09. The van der Waals surface area contributed by atoms with Crippen molar-refractivity contribution >= 4 is 34.9 Å². The highest BCUT2D eigenvalue weighted by Crippen LogP contribution is 2.21. The first-order chi connectivity index (χ1) is 11.1. The number of halogens is 2. The van der Waals surface area contributed by atoms with Gasteiger partial charge in [-0.15, -0.1) is 0 Å². The second-order valence-corrected chi connectivity index (χ2v) is 5.05. The highest BCUT2D eigenvalue weighted by atomic mass is 35.5. The van der Waals surface area contributed by atoms with E-state index in [-0.39, 0.29) is 23.7 Å². The Morgan fingerprint density at radius 3 is 2.48 bits per heavy atom. The van der Waals surface area contributed by atoms with Crippen LogP contribution in [0.25, 0.3) is 0 Å². The van der Waals surface area contributed by atoms with E-state index in [1.807, 2.05) is 6.07 Å². The molecule has 0 spiro atoms. The molecule has 7 heteroatoms. The van der Waals surface area contributed by atoms with Crippen LogP contribution in [0.4, 0.5) is 20.6 Å². The summed E-state index contributed by atoms with van der Waals surface area (Å²) in [5, 5.41) is 7.50. The molecule has 0 aliphatic rings. The van der Waals surface area contributed by atoms with Gasteiger partial charge in [-0.25, -0.2) is 9.18 Å². The van der Waals surface area contributed by atoms with Crippen LogP contribution >= 0.6 is 11.6 Å². The molecule has 3 amide bonds. The zero-order valence-corrected chi connectivity index (χ0v) is 12.9. The fraction of sp³-hybridized carbons (Fsp3) is 0.125. The van der Waals surface area contributed by atoms with Crippen molar-refractivity contribution in [2.45, 2.75) is 6.42 Å². The molecular weight excluding hydrogens is 321 g/mol. The second-order valence-electron chi connectivity index (χ2n) is 4.65. The number of anilines is 2. The molecule has 0 aliphatic heterocycles. The second kappa shape index (κ2) is 8.14. The minimum absolute atomic E-state index is 0.00810. The fourth-order valence-corrected chi connectivity index (χ4v) is 1.97. The molecule has 0 bridgehead atoms. The average Bonchev–Trinajstić information content (AvgIpc) is 2.53. The topological polar surface area (TPSA) is 70.2 Å². The molecule has 23 heavy (non-hydrogen) atoms. The molecule has 5 nitrogen and oxygen atoms in total. The van der Waals surface area contributed by atoms with Crippen LogP contribution in [0.5, 0.6) is 0 Å². The van der Waals surface area contributed by atoms with Gasteiger partial charge in [0.05, 0.1) is 10.7 Å². The van der Waals surface area contributed by atoms with Crippen LogP contribution in [0, 0.1) is 5.82 Å². The van der Waals surface area contributed by atoms with Gasteiger partial charge in [0.2, 0.25) is 5.91 Å². The number of amides is 3. The van der Waals surface area contributed by atoms with E-state index >= 15 is 0 Å². The normalized spacial score (nSPS) is 10.0. The van der Waals surface area contributed by atoms with Gasteiger partial charge in [-0.1, -0.05) is 35.9 Å². The van der Waals surface area contributed by atoms with Gasteiger partial charge in [-0.2, -0.15) is 0 Å². The summed E-state index contributed by atoms with van der Waals surface area (Å²) in [5.74, 6) is -1.11. The highest BCUT2D eigenvalue weighted by molar-refractivity contribution is 6.31. The van der Waals surface area contributed by atoms with Crippen molar-refractivity contribution in [3.8, 4) is 0 Å². The molecule has 0 saturated heterocycles. The molecule has 2 aromatic rings. The Kier molecular flexibility index (Phi) is 5.94. The van der Waals surface area contributed by atoms with Crippen molar-refractivity contribution < 1.29 is 14.0 Å². The fourth-order valence-electron chi connectivity index (χ4n) is 1.80. The van der Waals surface area contributed by atoms with Gasteiger partial charge >= 0.3 is 6.03 Å². The standard InChI is InChI=1S/C16H15ClFN3O2/c17-12-7-4-8-13(15(12)18)21-14(22)9-10-19-16(23)20-11-5-2-1-3-6-11/h1-8H,9-10H2,(H,21,22)(H2,19,20,23). The number of rotatable bonds is 5. The zero-order valence-electron chi connectivity index (χ0n) is 12.1. The van der Waals surface area contributed by atoms with Crippen LogP contribution in [-0.4, -0.2) is 18.5 Å². The van der Waals surface area contributed by atoms with Crippen LogP contribution in [0.3, 0.4) is 0 Å². The van der Waals surface area contributed by atoms with Crippen molar-refractivity contribution in [3.05, 3.63) is 59.4 Å². The van der Waals surface area contributed by atoms with Gasteiger partial charge in [0.1, 0.15) is 0 Å². The van der Waals surface area contributed by atoms with E-state index in [0.717, 1.165) is 0 Å². The molecule has 0 fully saturated rings. The van der Waals surface area contributed by atoms with Crippen molar-refractivity contribution in [2.75, 3.05) is 17.2 Å². The number of hydrogen-bond donors (Lipinski definition) is 3. The van der Waals surface area contributed by atoms with E-state index in [0.29, 0.717) is 5.69 Å². The maximum Gasteiger partial charge on any atom is 0.319 e. The van der Waals surface area contributed by atoms with Crippen molar-refractivity contribution in [1.82, 2.24) is 5.32 Å². The van der Waals surface area contributed by atoms with Crippen LogP contribution < -0.4 is 16.0 Å². The predicted molar refractivity (Wildman–Crippen MR) is 88.1 cm³/mol. The van der Waals surface area contributed by atoms with Gasteiger partial charge in [-0.05, 0) is 24.3 Å². The van der Waals surface area contributed by atoms with Gasteiger partial charge in [0.25, 0.3) is 0 Å². The summed E-state index contributed by atoms with van der Waals surface area (Å²) in [7, 11) is 0. The number of benzene rings is 2. The first-order valence-electron chi connectivity index (χ1n) is 6.90. The lowest BCUT2D eigenvalue weighted by Crippen LogP contribution is -2.31. The van der Waals surface area contributed by atoms with Crippen molar-refractivity contribution in [2.24, 2.45) is 0 Å². The Bertz CT molecular complexity index is 695. The lowest BCUT2D eigenvalue weighted by molar-refractivity contribution is -0.116. The summed E-state index contributed by atoms with van der Waals surface area (Å²) in [6, 6.07) is 12.8. The van der Waals surface area contributed by atoms with Crippen LogP contribution in [0.1, 0.15) is 6.42 Å². The van der Waals surface area contributed by atoms with Crippen LogP contribution in [0.2, 0.25) is 5.02 Å². The molecule has 0 heterocycles. The Balaban J connectivity index is 1.74. The Hall–Kier alpha value is -2.60. The number of para-hydroxylation sites is 1. The molecule has 0 aromatic heterocycles. The molecule has 0 unspecified atom stereocenters. The van der Waals surface area contributed by atoms with E-state index in [9.17, 15) is 14.0 Å². The molecular formula is C16H15ClFN3O2. The minimum Gasteiger partial charge on any atom is -0.337 e. The van der Waals surface area contributed by atoms with Gasteiger partial charge in [0.15, 0.2) is 5.82 Å². The molecule has 2 rings (SSSR count). The largest absolute Gasteiger partial charge is 0.337 e. The molecule has 0 saturated carbocycles. The summed E-state index contributed by atoms with van der Waals surface area (Å²) in [5.41, 5.74) is 0.659. The Morgan fingerprint density at radius 1 is 1.00 bits per heavy atom. The highest BCUT2D eigenvalue weighted by Gasteiger charge is 2.10. The molecule has 3 N–H and O–H groups in total. The lowest BCUT2D eigenvalue weighted by atomic mass is 10.3. The first kappa shape index (κ1) is 16.8. The maximum absolute atomic E-state index is 13.6. The van der Waals surface area contributed by atoms with Crippen molar-refractivity contribution in [1.29, 1.82) is 0 Å². The maximum atomic E-state index is 13.6. The molecule has 120 valence electrons. The molecule has 0 radical (unpaired) electrons. The van der Waals surface area contributed by atoms with E-state index in [4.69, 9.17) is 11.6 Å². The third kappa shape index (κ3) is 5.27. The van der Waals surface area contributed by atoms with Gasteiger partial charge in [-0.3, -0.25) is 4.79 Å². The first-order valence-corrected chi connectivity index (χ1v) is 7.28. The van der Waals surface area contributed by atoms with Gasteiger partial charge < -0.3 is 16.0 Å². The molecule has 0 atom stereocenters. The number of nitrogens with one attached hydrogen (secondary N) is 3. The van der Waals surface area contributed by atoms with E-state index in [1.165, 1.54) is 18.2 Å². The summed E-state index contributed by atoms with van der Waals surface area (Å²) < 4.78 is 13.6. The Labute approximate surface area is 137 Å². The zero-order chi connectivity index (χ0) is 16.7. The summed E-state index contributed by atoms with van der Waals surface area (Å²) in [6.45, 7) is 0.118. The quantitative estimate of drug-likeness (QED) is 0.781. The summed E-state index contributed by atoms with van der Waals surface area (Å²) in [6.07, 6.45) is 0.00810. The Morgan fingerprint density at radius 2 is 1.74 bits per heavy atom. The van der Waals surface area contributed by atoms with Crippen LogP contribution in [-0.2, 0) is 4.79 Å². The number of hydrogen-bond acceptors (Lipinski definition) is 2. The average molecular weight is 336 g/mol. The van der Waals surface area contributed by atoms with Crippen LogP contribution in [0.15, 0.2) is 48.5 Å².